The molecule has 0 aliphatic heterocycles. The van der Waals surface area contributed by atoms with Crippen LogP contribution in [0.1, 0.15) is 47.0 Å². The normalized spacial score (nSPS) is 14.5. The molecular weight excluding hydrogens is 162 g/mol. The first-order valence-electron chi connectivity index (χ1n) is 5.45. The fourth-order valence-electron chi connectivity index (χ4n) is 1.87. The van der Waals surface area contributed by atoms with E-state index >= 15 is 0 Å². The Kier molecular flexibility index (Phi) is 6.35. The largest absolute Gasteiger partial charge is 0.377 e. The average Bonchev–Trinajstić information content (AvgIpc) is 2.18. The maximum Gasteiger partial charge on any atom is 0.0823 e. The van der Waals surface area contributed by atoms with E-state index in [1.807, 2.05) is 7.11 Å². The van der Waals surface area contributed by atoms with Crippen molar-refractivity contribution in [1.29, 1.82) is 0 Å². The minimum atomic E-state index is 0.0230. The third-order valence-corrected chi connectivity index (χ3v) is 3.09. The molecule has 1 atom stereocenters. The van der Waals surface area contributed by atoms with E-state index in [1.165, 1.54) is 6.42 Å². The van der Waals surface area contributed by atoms with Gasteiger partial charge >= 0.3 is 0 Å². The molecule has 80 valence electrons. The summed E-state index contributed by atoms with van der Waals surface area (Å²) in [6.45, 7) is 9.86. The van der Waals surface area contributed by atoms with Gasteiger partial charge in [0.1, 0.15) is 0 Å². The van der Waals surface area contributed by atoms with Crippen molar-refractivity contribution in [2.24, 2.45) is 0 Å². The van der Waals surface area contributed by atoms with Crippen molar-refractivity contribution in [1.82, 2.24) is 5.32 Å². The molecule has 2 nitrogen and oxygen atoms in total. The molecule has 0 aliphatic carbocycles. The molecule has 0 heterocycles. The van der Waals surface area contributed by atoms with Gasteiger partial charge in [0.2, 0.25) is 0 Å². The van der Waals surface area contributed by atoms with Crippen molar-refractivity contribution < 1.29 is 4.74 Å². The van der Waals surface area contributed by atoms with Gasteiger partial charge in [0.15, 0.2) is 0 Å². The van der Waals surface area contributed by atoms with Gasteiger partial charge in [-0.05, 0) is 32.7 Å². The summed E-state index contributed by atoms with van der Waals surface area (Å²) in [5.41, 5.74) is 0.0230. The van der Waals surface area contributed by atoms with Crippen molar-refractivity contribution in [3.05, 3.63) is 0 Å². The van der Waals surface area contributed by atoms with Crippen LogP contribution in [0, 0.1) is 0 Å². The summed E-state index contributed by atoms with van der Waals surface area (Å²) in [5.74, 6) is 0. The molecule has 1 unspecified atom stereocenters. The van der Waals surface area contributed by atoms with Gasteiger partial charge in [-0.15, -0.1) is 0 Å². The molecule has 0 rings (SSSR count). The molecule has 0 saturated heterocycles. The van der Waals surface area contributed by atoms with E-state index in [9.17, 15) is 0 Å². The molecule has 1 N–H and O–H groups in total. The van der Waals surface area contributed by atoms with Gasteiger partial charge in [-0.25, -0.2) is 0 Å². The second-order valence-electron chi connectivity index (χ2n) is 3.65. The van der Waals surface area contributed by atoms with Crippen LogP contribution in [0.25, 0.3) is 0 Å². The van der Waals surface area contributed by atoms with E-state index in [4.69, 9.17) is 4.74 Å². The van der Waals surface area contributed by atoms with Crippen LogP contribution in [0.2, 0.25) is 0 Å². The van der Waals surface area contributed by atoms with Gasteiger partial charge in [-0.3, -0.25) is 0 Å². The first-order valence-corrected chi connectivity index (χ1v) is 5.45. The first-order chi connectivity index (χ1) is 6.16. The summed E-state index contributed by atoms with van der Waals surface area (Å²) >= 11 is 0. The Balaban J connectivity index is 4.17. The van der Waals surface area contributed by atoms with E-state index in [0.29, 0.717) is 6.04 Å². The first kappa shape index (κ1) is 12.9. The molecule has 0 radical (unpaired) electrons. The van der Waals surface area contributed by atoms with Gasteiger partial charge in [0.25, 0.3) is 0 Å². The van der Waals surface area contributed by atoms with Gasteiger partial charge in [0, 0.05) is 13.2 Å². The van der Waals surface area contributed by atoms with Crippen LogP contribution in [0.5, 0.6) is 0 Å². The highest BCUT2D eigenvalue weighted by molar-refractivity contribution is 4.88. The second kappa shape index (κ2) is 6.39. The van der Waals surface area contributed by atoms with E-state index in [1.54, 1.807) is 0 Å². The summed E-state index contributed by atoms with van der Waals surface area (Å²) in [5, 5.41) is 3.50. The predicted molar refractivity (Wildman–Crippen MR) is 58.1 cm³/mol. The SMILES string of the molecule is CCCNC(C)C(CC)(CC)OC. The molecule has 0 amide bonds. The van der Waals surface area contributed by atoms with Gasteiger partial charge in [-0.1, -0.05) is 20.8 Å². The Labute approximate surface area is 83.1 Å². The molecular formula is C11H25NO. The molecule has 0 fully saturated rings. The fraction of sp³-hybridized carbons (Fsp3) is 1.00. The topological polar surface area (TPSA) is 21.3 Å². The second-order valence-corrected chi connectivity index (χ2v) is 3.65. The van der Waals surface area contributed by atoms with Gasteiger partial charge < -0.3 is 10.1 Å². The van der Waals surface area contributed by atoms with Crippen LogP contribution in [-0.2, 0) is 4.74 Å². The zero-order valence-corrected chi connectivity index (χ0v) is 9.81. The number of rotatable bonds is 7. The Morgan fingerprint density at radius 3 is 2.08 bits per heavy atom. The molecule has 0 spiro atoms. The van der Waals surface area contributed by atoms with Crippen molar-refractivity contribution in [2.45, 2.75) is 58.6 Å². The number of methoxy groups -OCH3 is 1. The Morgan fingerprint density at radius 1 is 1.23 bits per heavy atom. The van der Waals surface area contributed by atoms with Gasteiger partial charge in [-0.2, -0.15) is 0 Å². The van der Waals surface area contributed by atoms with Crippen LogP contribution in [0.4, 0.5) is 0 Å². The summed E-state index contributed by atoms with van der Waals surface area (Å²) < 4.78 is 5.63. The summed E-state index contributed by atoms with van der Waals surface area (Å²) in [7, 11) is 1.82. The lowest BCUT2D eigenvalue weighted by atomic mass is 9.89. The highest BCUT2D eigenvalue weighted by Gasteiger charge is 2.31. The smallest absolute Gasteiger partial charge is 0.0823 e. The van der Waals surface area contributed by atoms with Crippen LogP contribution in [-0.4, -0.2) is 25.3 Å². The third-order valence-electron chi connectivity index (χ3n) is 3.09. The summed E-state index contributed by atoms with van der Waals surface area (Å²) in [6, 6.07) is 0.437. The van der Waals surface area contributed by atoms with Crippen LogP contribution >= 0.6 is 0 Å². The molecule has 0 aliphatic rings. The third kappa shape index (κ3) is 3.28. The van der Waals surface area contributed by atoms with E-state index in [0.717, 1.165) is 19.4 Å². The predicted octanol–water partition coefficient (Wildman–Crippen LogP) is 2.58. The highest BCUT2D eigenvalue weighted by atomic mass is 16.5. The number of ether oxygens (including phenoxy) is 1. The summed E-state index contributed by atoms with van der Waals surface area (Å²) in [4.78, 5) is 0. The summed E-state index contributed by atoms with van der Waals surface area (Å²) in [6.07, 6.45) is 3.31. The minimum Gasteiger partial charge on any atom is -0.377 e. The molecule has 0 aromatic heterocycles. The zero-order chi connectivity index (χ0) is 10.3. The number of nitrogens with one attached hydrogen (secondary N) is 1. The lowest BCUT2D eigenvalue weighted by Gasteiger charge is -2.37. The van der Waals surface area contributed by atoms with Crippen molar-refractivity contribution >= 4 is 0 Å². The monoisotopic (exact) mass is 187 g/mol. The highest BCUT2D eigenvalue weighted by Crippen LogP contribution is 2.23. The lowest BCUT2D eigenvalue weighted by molar-refractivity contribution is -0.0424. The number of hydrogen-bond acceptors (Lipinski definition) is 2. The van der Waals surface area contributed by atoms with Crippen molar-refractivity contribution in [3.8, 4) is 0 Å². The average molecular weight is 187 g/mol. The fourth-order valence-corrected chi connectivity index (χ4v) is 1.87. The lowest BCUT2D eigenvalue weighted by Crippen LogP contribution is -2.49. The minimum absolute atomic E-state index is 0.0230. The van der Waals surface area contributed by atoms with Crippen LogP contribution in [0.15, 0.2) is 0 Å². The quantitative estimate of drug-likeness (QED) is 0.661. The Hall–Kier alpha value is -0.0800. The molecule has 0 aromatic rings. The maximum absolute atomic E-state index is 5.63. The molecule has 0 aromatic carbocycles. The Morgan fingerprint density at radius 2 is 1.77 bits per heavy atom. The molecule has 2 heteroatoms. The number of hydrogen-bond donors (Lipinski definition) is 1. The van der Waals surface area contributed by atoms with Crippen molar-refractivity contribution in [3.63, 3.8) is 0 Å². The van der Waals surface area contributed by atoms with E-state index in [-0.39, 0.29) is 5.60 Å². The van der Waals surface area contributed by atoms with E-state index in [2.05, 4.69) is 33.0 Å². The molecule has 13 heavy (non-hydrogen) atoms. The maximum atomic E-state index is 5.63. The standard InChI is InChI=1S/C11H25NO/c1-6-9-12-10(4)11(7-2,8-3)13-5/h10,12H,6-9H2,1-5H3. The van der Waals surface area contributed by atoms with Crippen LogP contribution < -0.4 is 5.32 Å². The molecule has 0 saturated carbocycles. The zero-order valence-electron chi connectivity index (χ0n) is 9.81. The molecule has 0 bridgehead atoms. The van der Waals surface area contributed by atoms with E-state index < -0.39 is 0 Å². The van der Waals surface area contributed by atoms with Crippen molar-refractivity contribution in [2.75, 3.05) is 13.7 Å². The Bertz CT molecular complexity index is 113. The van der Waals surface area contributed by atoms with Crippen LogP contribution in [0.3, 0.4) is 0 Å². The van der Waals surface area contributed by atoms with Gasteiger partial charge in [0.05, 0.1) is 5.60 Å².